The molecule has 0 aliphatic rings. The smallest absolute Gasteiger partial charge is 0.324 e. The van der Waals surface area contributed by atoms with Crippen molar-refractivity contribution >= 4 is 34.8 Å². The number of rotatable bonds is 3. The van der Waals surface area contributed by atoms with Crippen LogP contribution in [-0.2, 0) is 17.1 Å². The van der Waals surface area contributed by atoms with Gasteiger partial charge in [-0.25, -0.2) is 0 Å². The molecule has 10 heteroatoms. The van der Waals surface area contributed by atoms with Crippen LogP contribution in [0.5, 0.6) is 0 Å². The van der Waals surface area contributed by atoms with Gasteiger partial charge in [-0.15, -0.1) is 11.6 Å². The summed E-state index contributed by atoms with van der Waals surface area (Å²) in [5.41, 5.74) is -3.62. The van der Waals surface area contributed by atoms with Crippen molar-refractivity contribution in [2.45, 2.75) is 17.7 Å². The number of nitrogens with one attached hydrogen (secondary N) is 1. The maximum absolute atomic E-state index is 12.8. The summed E-state index contributed by atoms with van der Waals surface area (Å²) in [6.45, 7) is 0. The van der Waals surface area contributed by atoms with Gasteiger partial charge in [-0.2, -0.15) is 26.3 Å². The van der Waals surface area contributed by atoms with Crippen LogP contribution in [0.2, 0.25) is 5.02 Å². The van der Waals surface area contributed by atoms with Gasteiger partial charge in [-0.3, -0.25) is 4.79 Å². The third-order valence-corrected chi connectivity index (χ3v) is 4.04. The molecule has 2 nitrogen and oxygen atoms in total. The zero-order valence-electron chi connectivity index (χ0n) is 12.6. The van der Waals surface area contributed by atoms with Crippen LogP contribution in [0.3, 0.4) is 0 Å². The summed E-state index contributed by atoms with van der Waals surface area (Å²) < 4.78 is 77.0. The summed E-state index contributed by atoms with van der Waals surface area (Å²) in [5, 5.41) is 0.681. The monoisotopic (exact) mass is 415 g/mol. The van der Waals surface area contributed by atoms with Gasteiger partial charge >= 0.3 is 12.4 Å². The molecule has 0 aliphatic carbocycles. The lowest BCUT2D eigenvalue weighted by molar-refractivity contribution is -0.143. The molecule has 1 amide bonds. The molecular weight excluding hydrogens is 407 g/mol. The van der Waals surface area contributed by atoms with Crippen molar-refractivity contribution in [2.75, 3.05) is 5.32 Å². The van der Waals surface area contributed by atoms with E-state index in [4.69, 9.17) is 23.2 Å². The van der Waals surface area contributed by atoms with Crippen LogP contribution >= 0.6 is 23.2 Å². The lowest BCUT2D eigenvalue weighted by Crippen LogP contribution is -2.19. The SMILES string of the molecule is O=C(Nc1cc(C(F)(F)F)cc(C(F)(F)F)c1)[C@@H](Cl)c1ccccc1Cl. The number of halogens is 8. The Balaban J connectivity index is 2.36. The molecule has 26 heavy (non-hydrogen) atoms. The number of carbonyl (C=O) groups excluding carboxylic acids is 1. The minimum atomic E-state index is -5.02. The van der Waals surface area contributed by atoms with Gasteiger partial charge in [0.15, 0.2) is 0 Å². The molecule has 0 unspecified atom stereocenters. The lowest BCUT2D eigenvalue weighted by Gasteiger charge is -2.16. The van der Waals surface area contributed by atoms with Crippen LogP contribution in [0, 0.1) is 0 Å². The molecule has 2 aromatic carbocycles. The van der Waals surface area contributed by atoms with E-state index in [9.17, 15) is 31.1 Å². The molecule has 1 atom stereocenters. The largest absolute Gasteiger partial charge is 0.416 e. The van der Waals surface area contributed by atoms with Crippen molar-refractivity contribution < 1.29 is 31.1 Å². The van der Waals surface area contributed by atoms with Crippen LogP contribution in [0.25, 0.3) is 0 Å². The number of anilines is 1. The van der Waals surface area contributed by atoms with Crippen molar-refractivity contribution in [2.24, 2.45) is 0 Å². The molecule has 0 aliphatic heterocycles. The molecule has 2 aromatic rings. The second-order valence-corrected chi connectivity index (χ2v) is 6.01. The first kappa shape index (κ1) is 20.4. The number of alkyl halides is 7. The van der Waals surface area contributed by atoms with Gasteiger partial charge in [0.1, 0.15) is 5.38 Å². The number of hydrogen-bond donors (Lipinski definition) is 1. The van der Waals surface area contributed by atoms with Gasteiger partial charge in [0.2, 0.25) is 5.91 Å². The molecule has 0 heterocycles. The summed E-state index contributed by atoms with van der Waals surface area (Å²) in [6, 6.07) is 6.68. The Hall–Kier alpha value is -1.93. The number of carbonyl (C=O) groups is 1. The highest BCUT2D eigenvalue weighted by Gasteiger charge is 2.37. The molecule has 140 valence electrons. The van der Waals surface area contributed by atoms with Gasteiger partial charge < -0.3 is 5.32 Å². The summed E-state index contributed by atoms with van der Waals surface area (Å²) in [7, 11) is 0. The minimum Gasteiger partial charge on any atom is -0.324 e. The molecule has 0 saturated heterocycles. The number of benzene rings is 2. The van der Waals surface area contributed by atoms with E-state index in [1.54, 1.807) is 6.07 Å². The van der Waals surface area contributed by atoms with E-state index in [1.807, 2.05) is 5.32 Å². The molecule has 0 fully saturated rings. The fraction of sp³-hybridized carbons (Fsp3) is 0.188. The maximum atomic E-state index is 12.8. The molecule has 0 spiro atoms. The fourth-order valence-corrected chi connectivity index (χ4v) is 2.60. The number of hydrogen-bond acceptors (Lipinski definition) is 1. The summed E-state index contributed by atoms with van der Waals surface area (Å²) >= 11 is 11.8. The molecule has 0 radical (unpaired) electrons. The van der Waals surface area contributed by atoms with Crippen molar-refractivity contribution in [3.8, 4) is 0 Å². The molecule has 2 rings (SSSR count). The van der Waals surface area contributed by atoms with Crippen molar-refractivity contribution in [3.05, 3.63) is 64.2 Å². The predicted molar refractivity (Wildman–Crippen MR) is 85.1 cm³/mol. The maximum Gasteiger partial charge on any atom is 0.416 e. The molecule has 0 aromatic heterocycles. The predicted octanol–water partition coefficient (Wildman–Crippen LogP) is 6.30. The second-order valence-electron chi connectivity index (χ2n) is 5.17. The van der Waals surface area contributed by atoms with Gasteiger partial charge in [0.25, 0.3) is 0 Å². The van der Waals surface area contributed by atoms with E-state index in [1.165, 1.54) is 18.2 Å². The standard InChI is InChI=1S/C16H9Cl2F6NO/c17-12-4-2-1-3-11(12)13(18)14(26)25-10-6-8(15(19,20)21)5-9(7-10)16(22,23)24/h1-7,13H,(H,25,26)/t13-/m0/s1. The minimum absolute atomic E-state index is 0.0398. The first-order valence-corrected chi connectivity index (χ1v) is 7.70. The van der Waals surface area contributed by atoms with E-state index < -0.39 is 40.5 Å². The zero-order valence-corrected chi connectivity index (χ0v) is 14.1. The van der Waals surface area contributed by atoms with E-state index >= 15 is 0 Å². The Kier molecular flexibility index (Phi) is 5.77. The molecule has 1 N–H and O–H groups in total. The Morgan fingerprint density at radius 1 is 0.923 bits per heavy atom. The molecule has 0 bridgehead atoms. The highest BCUT2D eigenvalue weighted by atomic mass is 35.5. The average Bonchev–Trinajstić information content (AvgIpc) is 2.52. The normalized spacial score (nSPS) is 13.4. The van der Waals surface area contributed by atoms with Crippen LogP contribution in [-0.4, -0.2) is 5.91 Å². The third kappa shape index (κ3) is 4.82. The van der Waals surface area contributed by atoms with Crippen molar-refractivity contribution in [1.29, 1.82) is 0 Å². The van der Waals surface area contributed by atoms with Crippen molar-refractivity contribution in [1.82, 2.24) is 0 Å². The van der Waals surface area contributed by atoms with Gasteiger partial charge in [-0.1, -0.05) is 29.8 Å². The van der Waals surface area contributed by atoms with E-state index in [2.05, 4.69) is 0 Å². The van der Waals surface area contributed by atoms with Crippen LogP contribution in [0.1, 0.15) is 22.1 Å². The van der Waals surface area contributed by atoms with Gasteiger partial charge in [-0.05, 0) is 29.8 Å². The van der Waals surface area contributed by atoms with Crippen LogP contribution < -0.4 is 5.32 Å². The number of amides is 1. The molecule has 0 saturated carbocycles. The van der Waals surface area contributed by atoms with E-state index in [-0.39, 0.29) is 16.7 Å². The lowest BCUT2D eigenvalue weighted by atomic mass is 10.1. The zero-order chi connectivity index (χ0) is 19.7. The van der Waals surface area contributed by atoms with E-state index in [0.29, 0.717) is 12.1 Å². The Labute approximate surface area is 153 Å². The Morgan fingerprint density at radius 2 is 1.42 bits per heavy atom. The quantitative estimate of drug-likeness (QED) is 0.462. The van der Waals surface area contributed by atoms with Crippen LogP contribution in [0.15, 0.2) is 42.5 Å². The topological polar surface area (TPSA) is 29.1 Å². The van der Waals surface area contributed by atoms with Crippen molar-refractivity contribution in [3.63, 3.8) is 0 Å². The first-order chi connectivity index (χ1) is 11.9. The average molecular weight is 416 g/mol. The first-order valence-electron chi connectivity index (χ1n) is 6.88. The Bertz CT molecular complexity index is 787. The highest BCUT2D eigenvalue weighted by Crippen LogP contribution is 2.38. The summed E-state index contributed by atoms with van der Waals surface area (Å²) in [5.74, 6) is -1.02. The van der Waals surface area contributed by atoms with Crippen LogP contribution in [0.4, 0.5) is 32.0 Å². The Morgan fingerprint density at radius 3 is 1.88 bits per heavy atom. The van der Waals surface area contributed by atoms with Gasteiger partial charge in [0.05, 0.1) is 11.1 Å². The summed E-state index contributed by atoms with van der Waals surface area (Å²) in [4.78, 5) is 12.1. The molecular formula is C16H9Cl2F6NO. The third-order valence-electron chi connectivity index (χ3n) is 3.26. The van der Waals surface area contributed by atoms with Gasteiger partial charge in [0, 0.05) is 10.7 Å². The highest BCUT2D eigenvalue weighted by molar-refractivity contribution is 6.36. The summed E-state index contributed by atoms with van der Waals surface area (Å²) in [6.07, 6.45) is -10.0. The van der Waals surface area contributed by atoms with E-state index in [0.717, 1.165) is 0 Å². The second kappa shape index (κ2) is 7.36. The fourth-order valence-electron chi connectivity index (χ4n) is 2.05.